The van der Waals surface area contributed by atoms with Gasteiger partial charge in [0.25, 0.3) is 0 Å². The van der Waals surface area contributed by atoms with Crippen LogP contribution in [-0.2, 0) is 0 Å². The Kier molecular flexibility index (Phi) is 3.34. The summed E-state index contributed by atoms with van der Waals surface area (Å²) in [7, 11) is 0. The molecule has 1 atom stereocenters. The lowest BCUT2D eigenvalue weighted by atomic mass is 9.89. The van der Waals surface area contributed by atoms with E-state index in [1.54, 1.807) is 6.07 Å². The molecule has 120 valence electrons. The van der Waals surface area contributed by atoms with Gasteiger partial charge >= 0.3 is 6.36 Å². The summed E-state index contributed by atoms with van der Waals surface area (Å²) < 4.78 is 41.8. The van der Waals surface area contributed by atoms with Crippen molar-refractivity contribution < 1.29 is 17.9 Å². The molecule has 0 saturated heterocycles. The van der Waals surface area contributed by atoms with E-state index in [0.29, 0.717) is 0 Å². The number of alkyl halides is 3. The summed E-state index contributed by atoms with van der Waals surface area (Å²) in [6.07, 6.45) is -4.69. The van der Waals surface area contributed by atoms with Gasteiger partial charge < -0.3 is 4.74 Å². The van der Waals surface area contributed by atoms with Crippen LogP contribution in [0, 0.1) is 0 Å². The Morgan fingerprint density at radius 3 is 2.12 bits per heavy atom. The maximum absolute atomic E-state index is 12.6. The van der Waals surface area contributed by atoms with Crippen molar-refractivity contribution in [2.24, 2.45) is 0 Å². The second kappa shape index (κ2) is 5.41. The van der Waals surface area contributed by atoms with Crippen LogP contribution >= 0.6 is 0 Å². The molecule has 1 nitrogen and oxygen atoms in total. The van der Waals surface area contributed by atoms with Gasteiger partial charge in [0.15, 0.2) is 0 Å². The fraction of sp³-hybridized carbons (Fsp3) is 0.100. The van der Waals surface area contributed by atoms with Crippen molar-refractivity contribution >= 4 is 0 Å². The predicted molar refractivity (Wildman–Crippen MR) is 85.9 cm³/mol. The highest BCUT2D eigenvalue weighted by Crippen LogP contribution is 2.49. The van der Waals surface area contributed by atoms with Crippen molar-refractivity contribution in [2.75, 3.05) is 0 Å². The molecule has 0 aliphatic heterocycles. The molecule has 24 heavy (non-hydrogen) atoms. The summed E-state index contributed by atoms with van der Waals surface area (Å²) in [5.41, 5.74) is 4.99. The van der Waals surface area contributed by atoms with Crippen molar-refractivity contribution in [3.05, 3.63) is 89.5 Å². The molecule has 0 radical (unpaired) electrons. The second-order valence-corrected chi connectivity index (χ2v) is 5.73. The van der Waals surface area contributed by atoms with Crippen LogP contribution in [0.3, 0.4) is 0 Å². The molecule has 4 heteroatoms. The maximum Gasteiger partial charge on any atom is 0.573 e. The lowest BCUT2D eigenvalue weighted by Crippen LogP contribution is -2.17. The van der Waals surface area contributed by atoms with Crippen LogP contribution in [0.1, 0.15) is 22.6 Å². The molecule has 0 saturated carbocycles. The molecule has 3 aromatic carbocycles. The number of benzene rings is 3. The van der Waals surface area contributed by atoms with Crippen LogP contribution in [0.5, 0.6) is 5.75 Å². The number of ether oxygens (including phenoxy) is 1. The third-order valence-electron chi connectivity index (χ3n) is 4.26. The number of hydrogen-bond donors (Lipinski definition) is 0. The lowest BCUT2D eigenvalue weighted by molar-refractivity contribution is -0.274. The Morgan fingerprint density at radius 2 is 1.38 bits per heavy atom. The molecular weight excluding hydrogens is 313 g/mol. The molecule has 3 aromatic rings. The van der Waals surface area contributed by atoms with Crippen LogP contribution in [0.4, 0.5) is 13.2 Å². The van der Waals surface area contributed by atoms with E-state index in [4.69, 9.17) is 0 Å². The summed E-state index contributed by atoms with van der Waals surface area (Å²) in [5.74, 6) is -0.274. The minimum atomic E-state index is -4.69. The van der Waals surface area contributed by atoms with E-state index in [1.807, 2.05) is 54.6 Å². The highest BCUT2D eigenvalue weighted by molar-refractivity contribution is 5.81. The second-order valence-electron chi connectivity index (χ2n) is 5.73. The van der Waals surface area contributed by atoms with Gasteiger partial charge in [-0.1, -0.05) is 60.7 Å². The Balaban J connectivity index is 1.88. The topological polar surface area (TPSA) is 9.23 Å². The quantitative estimate of drug-likeness (QED) is 0.456. The SMILES string of the molecule is FC(F)(F)Oc1ccc2c(c1)C(c1ccccc1)c1ccccc1-2. The monoisotopic (exact) mass is 326 g/mol. The predicted octanol–water partition coefficient (Wildman–Crippen LogP) is 5.75. The Hall–Kier alpha value is -2.75. The molecule has 0 fully saturated rings. The van der Waals surface area contributed by atoms with Gasteiger partial charge in [-0.05, 0) is 39.9 Å². The number of fused-ring (bicyclic) bond motifs is 3. The van der Waals surface area contributed by atoms with Crippen molar-refractivity contribution in [1.29, 1.82) is 0 Å². The van der Waals surface area contributed by atoms with Crippen molar-refractivity contribution in [3.8, 4) is 16.9 Å². The summed E-state index contributed by atoms with van der Waals surface area (Å²) in [6.45, 7) is 0. The molecule has 1 unspecified atom stereocenters. The minimum Gasteiger partial charge on any atom is -0.406 e. The van der Waals surface area contributed by atoms with E-state index in [1.165, 1.54) is 12.1 Å². The first kappa shape index (κ1) is 14.8. The molecule has 0 amide bonds. The molecule has 4 rings (SSSR count). The van der Waals surface area contributed by atoms with Gasteiger partial charge in [-0.3, -0.25) is 0 Å². The maximum atomic E-state index is 12.6. The molecule has 1 aliphatic rings. The number of rotatable bonds is 2. The normalized spacial score (nSPS) is 15.7. The summed E-state index contributed by atoms with van der Waals surface area (Å²) in [5, 5.41) is 0. The van der Waals surface area contributed by atoms with Crippen molar-refractivity contribution in [3.63, 3.8) is 0 Å². The number of hydrogen-bond acceptors (Lipinski definition) is 1. The first-order valence-electron chi connectivity index (χ1n) is 7.57. The van der Waals surface area contributed by atoms with Gasteiger partial charge in [-0.2, -0.15) is 0 Å². The van der Waals surface area contributed by atoms with Gasteiger partial charge in [0.05, 0.1) is 0 Å². The summed E-state index contributed by atoms with van der Waals surface area (Å²) in [4.78, 5) is 0. The molecule has 0 bridgehead atoms. The van der Waals surface area contributed by atoms with Gasteiger partial charge in [0.2, 0.25) is 0 Å². The lowest BCUT2D eigenvalue weighted by Gasteiger charge is -2.15. The zero-order valence-electron chi connectivity index (χ0n) is 12.5. The number of halogens is 3. The van der Waals surface area contributed by atoms with Gasteiger partial charge in [-0.15, -0.1) is 13.2 Å². The van der Waals surface area contributed by atoms with Crippen LogP contribution in [-0.4, -0.2) is 6.36 Å². The van der Waals surface area contributed by atoms with Crippen LogP contribution in [0.2, 0.25) is 0 Å². The van der Waals surface area contributed by atoms with Crippen LogP contribution in [0.15, 0.2) is 72.8 Å². The zero-order valence-corrected chi connectivity index (χ0v) is 12.5. The smallest absolute Gasteiger partial charge is 0.406 e. The Labute approximate surface area is 137 Å². The van der Waals surface area contributed by atoms with Crippen LogP contribution in [0.25, 0.3) is 11.1 Å². The molecule has 0 N–H and O–H groups in total. The highest BCUT2D eigenvalue weighted by Gasteiger charge is 2.34. The Bertz CT molecular complexity index is 885. The van der Waals surface area contributed by atoms with E-state index in [2.05, 4.69) is 4.74 Å². The van der Waals surface area contributed by atoms with E-state index < -0.39 is 6.36 Å². The van der Waals surface area contributed by atoms with E-state index in [0.717, 1.165) is 27.8 Å². The minimum absolute atomic E-state index is 0.0887. The fourth-order valence-corrected chi connectivity index (χ4v) is 3.39. The zero-order chi connectivity index (χ0) is 16.7. The van der Waals surface area contributed by atoms with Crippen LogP contribution < -0.4 is 4.74 Å². The first-order chi connectivity index (χ1) is 11.5. The average molecular weight is 326 g/mol. The molecule has 0 aromatic heterocycles. The Morgan fingerprint density at radius 1 is 0.708 bits per heavy atom. The molecular formula is C20H13F3O. The first-order valence-corrected chi connectivity index (χ1v) is 7.57. The van der Waals surface area contributed by atoms with Crippen molar-refractivity contribution in [1.82, 2.24) is 0 Å². The van der Waals surface area contributed by atoms with Gasteiger partial charge in [0.1, 0.15) is 5.75 Å². The van der Waals surface area contributed by atoms with Crippen molar-refractivity contribution in [2.45, 2.75) is 12.3 Å². The molecule has 0 heterocycles. The van der Waals surface area contributed by atoms with E-state index in [9.17, 15) is 13.2 Å². The average Bonchev–Trinajstić information content (AvgIpc) is 2.88. The van der Waals surface area contributed by atoms with Gasteiger partial charge in [-0.25, -0.2) is 0 Å². The van der Waals surface area contributed by atoms with E-state index >= 15 is 0 Å². The van der Waals surface area contributed by atoms with Gasteiger partial charge in [0, 0.05) is 5.92 Å². The third kappa shape index (κ3) is 2.54. The standard InChI is InChI=1S/C20H13F3O/c21-20(22,23)24-14-10-11-16-15-8-4-5-9-17(15)19(18(16)12-14)13-6-2-1-3-7-13/h1-12,19H. The molecule has 0 spiro atoms. The fourth-order valence-electron chi connectivity index (χ4n) is 3.39. The highest BCUT2D eigenvalue weighted by atomic mass is 19.4. The summed E-state index contributed by atoms with van der Waals surface area (Å²) >= 11 is 0. The van der Waals surface area contributed by atoms with E-state index in [-0.39, 0.29) is 11.7 Å². The molecule has 1 aliphatic carbocycles. The third-order valence-corrected chi connectivity index (χ3v) is 4.26. The summed E-state index contributed by atoms with van der Waals surface area (Å²) in [6, 6.07) is 22.3. The largest absolute Gasteiger partial charge is 0.573 e.